The van der Waals surface area contributed by atoms with Crippen molar-refractivity contribution in [3.63, 3.8) is 0 Å². The summed E-state index contributed by atoms with van der Waals surface area (Å²) in [5.74, 6) is 0. The van der Waals surface area contributed by atoms with E-state index in [1.165, 1.54) is 12.5 Å². The van der Waals surface area contributed by atoms with Gasteiger partial charge >= 0.3 is 0 Å². The van der Waals surface area contributed by atoms with E-state index in [4.69, 9.17) is 5.73 Å². The first-order valence-corrected chi connectivity index (χ1v) is 3.36. The van der Waals surface area contributed by atoms with E-state index in [1.807, 2.05) is 0 Å². The molecule has 12 heavy (non-hydrogen) atoms. The van der Waals surface area contributed by atoms with Crippen LogP contribution in [0.4, 0.5) is 5.69 Å². The lowest BCUT2D eigenvalue weighted by molar-refractivity contribution is 1.14. The molecule has 0 saturated heterocycles. The lowest BCUT2D eigenvalue weighted by Gasteiger charge is -1.94. The summed E-state index contributed by atoms with van der Waals surface area (Å²) < 4.78 is 0. The van der Waals surface area contributed by atoms with Gasteiger partial charge in [0.15, 0.2) is 5.65 Å². The molecule has 0 aliphatic heterocycles. The number of nitrogen functional groups attached to an aromatic ring is 1. The van der Waals surface area contributed by atoms with Crippen LogP contribution in [-0.4, -0.2) is 15.0 Å². The van der Waals surface area contributed by atoms with E-state index in [2.05, 4.69) is 15.0 Å². The lowest BCUT2D eigenvalue weighted by atomic mass is 10.3. The summed E-state index contributed by atoms with van der Waals surface area (Å²) in [4.78, 5) is 21.3. The number of hydrogen-bond acceptors (Lipinski definition) is 4. The molecule has 60 valence electrons. The second-order valence-electron chi connectivity index (χ2n) is 2.37. The van der Waals surface area contributed by atoms with Crippen molar-refractivity contribution < 1.29 is 0 Å². The normalized spacial score (nSPS) is 10.3. The zero-order valence-corrected chi connectivity index (χ0v) is 6.11. The molecule has 0 atom stereocenters. The smallest absolute Gasteiger partial charge is 0.260 e. The quantitative estimate of drug-likeness (QED) is 0.566. The highest BCUT2D eigenvalue weighted by molar-refractivity contribution is 5.76. The fourth-order valence-corrected chi connectivity index (χ4v) is 0.973. The highest BCUT2D eigenvalue weighted by Crippen LogP contribution is 2.05. The van der Waals surface area contributed by atoms with E-state index < -0.39 is 0 Å². The van der Waals surface area contributed by atoms with Gasteiger partial charge in [0, 0.05) is 0 Å². The molecule has 0 aromatic carbocycles. The first-order chi connectivity index (χ1) is 5.77. The molecule has 0 bridgehead atoms. The summed E-state index contributed by atoms with van der Waals surface area (Å²) in [6, 6.07) is 1.55. The van der Waals surface area contributed by atoms with E-state index in [9.17, 15) is 4.79 Å². The number of nitrogens with one attached hydrogen (secondary N) is 1. The van der Waals surface area contributed by atoms with Gasteiger partial charge in [-0.05, 0) is 6.07 Å². The molecule has 5 nitrogen and oxygen atoms in total. The Balaban J connectivity index is 2.98. The zero-order chi connectivity index (χ0) is 8.55. The van der Waals surface area contributed by atoms with E-state index in [-0.39, 0.29) is 5.56 Å². The summed E-state index contributed by atoms with van der Waals surface area (Å²) in [5.41, 5.74) is 6.10. The number of hydrogen-bond donors (Lipinski definition) is 2. The number of rotatable bonds is 0. The minimum absolute atomic E-state index is 0.222. The lowest BCUT2D eigenvalue weighted by Crippen LogP contribution is -2.07. The minimum atomic E-state index is -0.222. The van der Waals surface area contributed by atoms with Crippen molar-refractivity contribution in [1.82, 2.24) is 15.0 Å². The molecular formula is C7H6N4O. The van der Waals surface area contributed by atoms with Gasteiger partial charge in [0.2, 0.25) is 0 Å². The van der Waals surface area contributed by atoms with Crippen molar-refractivity contribution in [3.8, 4) is 0 Å². The van der Waals surface area contributed by atoms with Crippen LogP contribution in [-0.2, 0) is 0 Å². The second-order valence-corrected chi connectivity index (χ2v) is 2.37. The Labute approximate surface area is 67.3 Å². The maximum Gasteiger partial charge on any atom is 0.260 e. The summed E-state index contributed by atoms with van der Waals surface area (Å²) >= 11 is 0. The predicted molar refractivity (Wildman–Crippen MR) is 44.6 cm³/mol. The van der Waals surface area contributed by atoms with Crippen LogP contribution in [0.5, 0.6) is 0 Å². The van der Waals surface area contributed by atoms with Gasteiger partial charge in [0.05, 0.1) is 23.6 Å². The third kappa shape index (κ3) is 0.914. The molecule has 2 rings (SSSR count). The van der Waals surface area contributed by atoms with Gasteiger partial charge in [0.1, 0.15) is 0 Å². The van der Waals surface area contributed by atoms with Crippen molar-refractivity contribution in [2.75, 3.05) is 5.73 Å². The molecular weight excluding hydrogens is 156 g/mol. The van der Waals surface area contributed by atoms with Crippen molar-refractivity contribution in [2.45, 2.75) is 0 Å². The fourth-order valence-electron chi connectivity index (χ4n) is 0.973. The number of aromatic amines is 1. The van der Waals surface area contributed by atoms with Crippen LogP contribution in [0.1, 0.15) is 0 Å². The SMILES string of the molecule is Nc1cnc2nc[nH]c(=O)c2c1. The zero-order valence-electron chi connectivity index (χ0n) is 6.11. The maximum absolute atomic E-state index is 11.1. The summed E-state index contributed by atoms with van der Waals surface area (Å²) in [6.45, 7) is 0. The van der Waals surface area contributed by atoms with Crippen molar-refractivity contribution in [1.29, 1.82) is 0 Å². The molecule has 0 saturated carbocycles. The fraction of sp³-hybridized carbons (Fsp3) is 0. The Kier molecular flexibility index (Phi) is 1.30. The Hall–Kier alpha value is -1.91. The van der Waals surface area contributed by atoms with Crippen LogP contribution in [0.2, 0.25) is 0 Å². The number of anilines is 1. The van der Waals surface area contributed by atoms with Crippen LogP contribution < -0.4 is 11.3 Å². The van der Waals surface area contributed by atoms with Gasteiger partial charge in [0.25, 0.3) is 5.56 Å². The highest BCUT2D eigenvalue weighted by Gasteiger charge is 1.99. The third-order valence-electron chi connectivity index (χ3n) is 1.51. The monoisotopic (exact) mass is 162 g/mol. The second kappa shape index (κ2) is 2.30. The first-order valence-electron chi connectivity index (χ1n) is 3.36. The van der Waals surface area contributed by atoms with Gasteiger partial charge in [-0.25, -0.2) is 9.97 Å². The molecule has 2 aromatic heterocycles. The summed E-state index contributed by atoms with van der Waals surface area (Å²) in [7, 11) is 0. The average Bonchev–Trinajstić information content (AvgIpc) is 2.07. The van der Waals surface area contributed by atoms with Crippen molar-refractivity contribution in [2.24, 2.45) is 0 Å². The Morgan fingerprint density at radius 2 is 2.25 bits per heavy atom. The van der Waals surface area contributed by atoms with Gasteiger partial charge < -0.3 is 10.7 Å². The summed E-state index contributed by atoms with van der Waals surface area (Å²) in [6.07, 6.45) is 2.78. The molecule has 0 aliphatic rings. The standard InChI is InChI=1S/C7H6N4O/c8-4-1-5-6(9-2-4)10-3-11-7(5)12/h1-3H,8H2,(H,9,10,11,12). The van der Waals surface area contributed by atoms with E-state index in [0.29, 0.717) is 16.7 Å². The number of nitrogens with two attached hydrogens (primary N) is 1. The molecule has 0 spiro atoms. The minimum Gasteiger partial charge on any atom is -0.397 e. The predicted octanol–water partition coefficient (Wildman–Crippen LogP) is -0.0997. The molecule has 2 aromatic rings. The largest absolute Gasteiger partial charge is 0.397 e. The van der Waals surface area contributed by atoms with Gasteiger partial charge in [-0.3, -0.25) is 4.79 Å². The number of H-pyrrole nitrogens is 1. The van der Waals surface area contributed by atoms with Crippen LogP contribution in [0.25, 0.3) is 11.0 Å². The van der Waals surface area contributed by atoms with E-state index >= 15 is 0 Å². The molecule has 0 unspecified atom stereocenters. The van der Waals surface area contributed by atoms with Crippen LogP contribution in [0.3, 0.4) is 0 Å². The van der Waals surface area contributed by atoms with Crippen molar-refractivity contribution in [3.05, 3.63) is 28.9 Å². The molecule has 0 amide bonds. The molecule has 2 heterocycles. The van der Waals surface area contributed by atoms with E-state index in [0.717, 1.165) is 0 Å². The van der Waals surface area contributed by atoms with Gasteiger partial charge in [-0.15, -0.1) is 0 Å². The number of nitrogens with zero attached hydrogens (tertiary/aromatic N) is 2. The maximum atomic E-state index is 11.1. The van der Waals surface area contributed by atoms with Crippen LogP contribution >= 0.6 is 0 Å². The first kappa shape index (κ1) is 6.78. The number of fused-ring (bicyclic) bond motifs is 1. The molecule has 0 fully saturated rings. The number of aromatic nitrogens is 3. The van der Waals surface area contributed by atoms with Gasteiger partial charge in [-0.1, -0.05) is 0 Å². The molecule has 5 heteroatoms. The Morgan fingerprint density at radius 3 is 3.08 bits per heavy atom. The van der Waals surface area contributed by atoms with Crippen LogP contribution in [0, 0.1) is 0 Å². The topological polar surface area (TPSA) is 84.7 Å². The van der Waals surface area contributed by atoms with Crippen LogP contribution in [0.15, 0.2) is 23.4 Å². The number of pyridine rings is 1. The third-order valence-corrected chi connectivity index (χ3v) is 1.51. The molecule has 0 aliphatic carbocycles. The molecule has 0 radical (unpaired) electrons. The Bertz CT molecular complexity index is 476. The van der Waals surface area contributed by atoms with E-state index in [1.54, 1.807) is 6.07 Å². The molecule has 3 N–H and O–H groups in total. The average molecular weight is 162 g/mol. The Morgan fingerprint density at radius 1 is 1.42 bits per heavy atom. The van der Waals surface area contributed by atoms with Gasteiger partial charge in [-0.2, -0.15) is 0 Å². The summed E-state index contributed by atoms with van der Waals surface area (Å²) in [5, 5.41) is 0.414. The highest BCUT2D eigenvalue weighted by atomic mass is 16.1. The van der Waals surface area contributed by atoms with Crippen molar-refractivity contribution >= 4 is 16.7 Å².